The van der Waals surface area contributed by atoms with Gasteiger partial charge >= 0.3 is 0 Å². The molecule has 2 aromatic carbocycles. The molecule has 6 nitrogen and oxygen atoms in total. The molecule has 0 spiro atoms. The topological polar surface area (TPSA) is 96.0 Å². The molecule has 1 heterocycles. The largest absolute Gasteiger partial charge is 0.422 e. The third-order valence-electron chi connectivity index (χ3n) is 3.55. The molecule has 0 fully saturated rings. The Bertz CT molecular complexity index is 1020. The molecule has 0 amide bonds. The number of hydrogen-bond acceptors (Lipinski definition) is 5. The zero-order chi connectivity index (χ0) is 17.9. The van der Waals surface area contributed by atoms with Crippen molar-refractivity contribution in [2.75, 3.05) is 0 Å². The van der Waals surface area contributed by atoms with Crippen LogP contribution in [0.1, 0.15) is 16.8 Å². The lowest BCUT2D eigenvalue weighted by atomic mass is 10.1. The molecule has 0 radical (unpaired) electrons. The highest BCUT2D eigenvalue weighted by atomic mass is 32.2. The molecule has 3 aromatic rings. The van der Waals surface area contributed by atoms with Crippen LogP contribution in [0.25, 0.3) is 11.5 Å². The van der Waals surface area contributed by atoms with Gasteiger partial charge in [-0.2, -0.15) is 10.2 Å². The second-order valence-electron chi connectivity index (χ2n) is 5.44. The van der Waals surface area contributed by atoms with E-state index in [-0.39, 0.29) is 18.1 Å². The van der Waals surface area contributed by atoms with Gasteiger partial charge in [-0.25, -0.2) is 13.1 Å². The van der Waals surface area contributed by atoms with Crippen molar-refractivity contribution in [3.63, 3.8) is 0 Å². The van der Waals surface area contributed by atoms with Gasteiger partial charge in [-0.05, 0) is 24.6 Å². The lowest BCUT2D eigenvalue weighted by Crippen LogP contribution is -2.23. The minimum absolute atomic E-state index is 0.0919. The number of aryl methyl sites for hydroxylation is 1. The molecular formula is C18H15N3O3S. The average molecular weight is 353 g/mol. The molecule has 126 valence electrons. The third kappa shape index (κ3) is 3.76. The number of benzene rings is 2. The Hall–Kier alpha value is -2.95. The molecule has 7 heteroatoms. The maximum atomic E-state index is 12.5. The lowest BCUT2D eigenvalue weighted by Gasteiger charge is -2.04. The molecule has 0 atom stereocenters. The molecule has 25 heavy (non-hydrogen) atoms. The summed E-state index contributed by atoms with van der Waals surface area (Å²) < 4.78 is 32.8. The zero-order valence-electron chi connectivity index (χ0n) is 13.4. The van der Waals surface area contributed by atoms with Gasteiger partial charge in [0.05, 0.1) is 0 Å². The Labute approximate surface area is 145 Å². The summed E-state index contributed by atoms with van der Waals surface area (Å²) in [5.74, 6) is 0.0941. The van der Waals surface area contributed by atoms with Crippen LogP contribution in [0.3, 0.4) is 0 Å². The van der Waals surface area contributed by atoms with Crippen molar-refractivity contribution in [1.29, 1.82) is 5.26 Å². The number of nitrogens with one attached hydrogen (secondary N) is 1. The summed E-state index contributed by atoms with van der Waals surface area (Å²) in [4.78, 5) is 4.00. The number of nitrogens with zero attached hydrogens (tertiary/aromatic N) is 2. The molecule has 1 aromatic heterocycles. The summed E-state index contributed by atoms with van der Waals surface area (Å²) in [6.07, 6.45) is 0. The Morgan fingerprint density at radius 1 is 1.12 bits per heavy atom. The van der Waals surface area contributed by atoms with Crippen LogP contribution in [0.15, 0.2) is 64.1 Å². The van der Waals surface area contributed by atoms with Gasteiger partial charge in [0.15, 0.2) is 5.69 Å². The minimum atomic E-state index is -4.00. The highest BCUT2D eigenvalue weighted by Gasteiger charge is 2.26. The van der Waals surface area contributed by atoms with Crippen molar-refractivity contribution < 1.29 is 12.8 Å². The molecule has 0 saturated heterocycles. The lowest BCUT2D eigenvalue weighted by molar-refractivity contribution is 0.452. The Morgan fingerprint density at radius 3 is 2.44 bits per heavy atom. The van der Waals surface area contributed by atoms with Gasteiger partial charge in [-0.1, -0.05) is 48.0 Å². The van der Waals surface area contributed by atoms with E-state index in [0.717, 1.165) is 11.1 Å². The molecule has 0 bridgehead atoms. The van der Waals surface area contributed by atoms with E-state index in [1.807, 2.05) is 37.3 Å². The molecule has 0 aliphatic heterocycles. The van der Waals surface area contributed by atoms with Gasteiger partial charge < -0.3 is 4.42 Å². The van der Waals surface area contributed by atoms with Crippen molar-refractivity contribution in [3.05, 3.63) is 71.4 Å². The summed E-state index contributed by atoms with van der Waals surface area (Å²) in [5.41, 5.74) is 2.18. The fourth-order valence-corrected chi connectivity index (χ4v) is 3.24. The monoisotopic (exact) mass is 353 g/mol. The van der Waals surface area contributed by atoms with Gasteiger partial charge in [0.1, 0.15) is 6.07 Å². The normalized spacial score (nSPS) is 11.2. The smallest absolute Gasteiger partial charge is 0.277 e. The zero-order valence-corrected chi connectivity index (χ0v) is 14.2. The van der Waals surface area contributed by atoms with E-state index in [4.69, 9.17) is 4.42 Å². The maximum Gasteiger partial charge on any atom is 0.277 e. The molecule has 3 rings (SSSR count). The van der Waals surface area contributed by atoms with Crippen LogP contribution in [-0.4, -0.2) is 13.4 Å². The molecule has 0 aliphatic carbocycles. The summed E-state index contributed by atoms with van der Waals surface area (Å²) in [5, 5.41) is 8.74. The quantitative estimate of drug-likeness (QED) is 0.760. The maximum absolute atomic E-state index is 12.5. The Balaban J connectivity index is 1.90. The van der Waals surface area contributed by atoms with E-state index in [9.17, 15) is 13.7 Å². The van der Waals surface area contributed by atoms with Gasteiger partial charge in [-0.3, -0.25) is 0 Å². The van der Waals surface area contributed by atoms with Crippen LogP contribution in [0.5, 0.6) is 0 Å². The Kier molecular flexibility index (Phi) is 4.65. The number of nitriles is 1. The van der Waals surface area contributed by atoms with Crippen LogP contribution >= 0.6 is 0 Å². The molecule has 0 aliphatic rings. The van der Waals surface area contributed by atoms with Crippen molar-refractivity contribution >= 4 is 10.0 Å². The van der Waals surface area contributed by atoms with Crippen LogP contribution in [-0.2, 0) is 16.6 Å². The van der Waals surface area contributed by atoms with Crippen molar-refractivity contribution in [1.82, 2.24) is 9.71 Å². The number of aromatic nitrogens is 1. The second kappa shape index (κ2) is 6.89. The fraction of sp³-hybridized carbons (Fsp3) is 0.111. The van der Waals surface area contributed by atoms with Crippen LogP contribution in [0.4, 0.5) is 0 Å². The Morgan fingerprint density at radius 2 is 1.80 bits per heavy atom. The van der Waals surface area contributed by atoms with Crippen molar-refractivity contribution in [3.8, 4) is 17.5 Å². The highest BCUT2D eigenvalue weighted by Crippen LogP contribution is 2.25. The summed E-state index contributed by atoms with van der Waals surface area (Å²) in [6.45, 7) is 2.03. The first kappa shape index (κ1) is 16.9. The first-order valence-corrected chi connectivity index (χ1v) is 8.99. The summed E-state index contributed by atoms with van der Waals surface area (Å²) >= 11 is 0. The van der Waals surface area contributed by atoms with Gasteiger partial charge in [0.2, 0.25) is 5.89 Å². The molecule has 0 unspecified atom stereocenters. The van der Waals surface area contributed by atoms with Crippen LogP contribution < -0.4 is 4.72 Å². The SMILES string of the molecule is Cc1ccc(-c2nc(C#N)c(S(=O)(=O)NCc3ccccc3)o2)cc1. The molecule has 1 N–H and O–H groups in total. The number of sulfonamides is 1. The van der Waals surface area contributed by atoms with Gasteiger partial charge in [-0.15, -0.1) is 0 Å². The second-order valence-corrected chi connectivity index (χ2v) is 7.11. The predicted molar refractivity (Wildman–Crippen MR) is 91.9 cm³/mol. The summed E-state index contributed by atoms with van der Waals surface area (Å²) in [6, 6.07) is 18.1. The van der Waals surface area contributed by atoms with Crippen LogP contribution in [0, 0.1) is 18.3 Å². The van der Waals surface area contributed by atoms with Gasteiger partial charge in [0.25, 0.3) is 15.1 Å². The van der Waals surface area contributed by atoms with E-state index >= 15 is 0 Å². The first-order chi connectivity index (χ1) is 12.0. The predicted octanol–water partition coefficient (Wildman–Crippen LogP) is 3.00. The first-order valence-electron chi connectivity index (χ1n) is 7.51. The van der Waals surface area contributed by atoms with E-state index in [1.165, 1.54) is 0 Å². The number of rotatable bonds is 5. The number of hydrogen-bond donors (Lipinski definition) is 1. The standard InChI is InChI=1S/C18H15N3O3S/c1-13-7-9-15(10-8-13)17-21-16(11-19)18(24-17)25(22,23)20-12-14-5-3-2-4-6-14/h2-10,20H,12H2,1H3. The minimum Gasteiger partial charge on any atom is -0.422 e. The van der Waals surface area contributed by atoms with Gasteiger partial charge in [0, 0.05) is 12.1 Å². The van der Waals surface area contributed by atoms with E-state index < -0.39 is 15.1 Å². The van der Waals surface area contributed by atoms with E-state index in [2.05, 4.69) is 9.71 Å². The van der Waals surface area contributed by atoms with Crippen molar-refractivity contribution in [2.24, 2.45) is 0 Å². The molecular weight excluding hydrogens is 338 g/mol. The summed E-state index contributed by atoms with van der Waals surface area (Å²) in [7, 11) is -4.00. The number of oxazole rings is 1. The van der Waals surface area contributed by atoms with E-state index in [1.54, 1.807) is 30.3 Å². The van der Waals surface area contributed by atoms with Crippen molar-refractivity contribution in [2.45, 2.75) is 18.6 Å². The highest BCUT2D eigenvalue weighted by molar-refractivity contribution is 7.89. The fourth-order valence-electron chi connectivity index (χ4n) is 2.22. The van der Waals surface area contributed by atoms with E-state index in [0.29, 0.717) is 5.56 Å². The van der Waals surface area contributed by atoms with Crippen LogP contribution in [0.2, 0.25) is 0 Å². The molecule has 0 saturated carbocycles. The third-order valence-corrected chi connectivity index (χ3v) is 4.84. The average Bonchev–Trinajstić information content (AvgIpc) is 3.07.